The lowest BCUT2D eigenvalue weighted by Crippen LogP contribution is -2.28. The molecule has 5 nitrogen and oxygen atoms in total. The van der Waals surface area contributed by atoms with Gasteiger partial charge in [0.2, 0.25) is 5.89 Å². The first-order valence-electron chi connectivity index (χ1n) is 6.55. The van der Waals surface area contributed by atoms with Crippen molar-refractivity contribution in [3.05, 3.63) is 11.7 Å². The van der Waals surface area contributed by atoms with Crippen molar-refractivity contribution >= 4 is 0 Å². The van der Waals surface area contributed by atoms with Crippen LogP contribution in [-0.4, -0.2) is 36.8 Å². The highest BCUT2D eigenvalue weighted by Crippen LogP contribution is 2.16. The number of nitrogens with one attached hydrogen (secondary N) is 2. The van der Waals surface area contributed by atoms with Gasteiger partial charge in [-0.15, -0.1) is 0 Å². The predicted molar refractivity (Wildman–Crippen MR) is 65.8 cm³/mol. The van der Waals surface area contributed by atoms with Gasteiger partial charge in [-0.05, 0) is 51.9 Å². The van der Waals surface area contributed by atoms with Crippen molar-refractivity contribution in [1.29, 1.82) is 0 Å². The molecule has 0 unspecified atom stereocenters. The number of piperidine rings is 1. The van der Waals surface area contributed by atoms with Gasteiger partial charge in [-0.2, -0.15) is 4.98 Å². The van der Waals surface area contributed by atoms with Crippen molar-refractivity contribution in [2.45, 2.75) is 32.1 Å². The van der Waals surface area contributed by atoms with Crippen LogP contribution in [0.2, 0.25) is 0 Å². The number of nitrogens with zero attached hydrogens (tertiary/aromatic N) is 2. The molecule has 0 spiro atoms. The summed E-state index contributed by atoms with van der Waals surface area (Å²) >= 11 is 0. The Bertz CT molecular complexity index is 320. The van der Waals surface area contributed by atoms with Crippen LogP contribution in [-0.2, 0) is 12.8 Å². The molecule has 0 aliphatic carbocycles. The minimum absolute atomic E-state index is 0.710. The van der Waals surface area contributed by atoms with E-state index >= 15 is 0 Å². The van der Waals surface area contributed by atoms with Crippen LogP contribution < -0.4 is 10.6 Å². The Morgan fingerprint density at radius 1 is 1.41 bits per heavy atom. The fourth-order valence-corrected chi connectivity index (χ4v) is 2.23. The molecule has 2 heterocycles. The van der Waals surface area contributed by atoms with Crippen LogP contribution in [0.1, 0.15) is 31.0 Å². The Labute approximate surface area is 102 Å². The molecule has 1 aliphatic rings. The van der Waals surface area contributed by atoms with Crippen molar-refractivity contribution < 1.29 is 4.52 Å². The second kappa shape index (κ2) is 6.71. The fraction of sp³-hybridized carbons (Fsp3) is 0.833. The molecule has 1 aliphatic heterocycles. The molecule has 1 aromatic rings. The molecule has 0 bridgehead atoms. The molecular formula is C12H22N4O. The first-order chi connectivity index (χ1) is 8.38. The third-order valence-electron chi connectivity index (χ3n) is 3.26. The van der Waals surface area contributed by atoms with E-state index in [4.69, 9.17) is 4.52 Å². The Balaban J connectivity index is 1.76. The average molecular weight is 238 g/mol. The maximum Gasteiger partial charge on any atom is 0.226 e. The topological polar surface area (TPSA) is 63.0 Å². The Hall–Kier alpha value is -0.940. The molecule has 17 heavy (non-hydrogen) atoms. The smallest absolute Gasteiger partial charge is 0.226 e. The number of hydrogen-bond acceptors (Lipinski definition) is 5. The highest BCUT2D eigenvalue weighted by atomic mass is 16.5. The first-order valence-corrected chi connectivity index (χ1v) is 6.55. The summed E-state index contributed by atoms with van der Waals surface area (Å²) in [6.45, 7) is 3.24. The standard InChI is InChI=1S/C12H22N4O/c1-13-6-2-3-11-15-12(17-16-11)9-10-4-7-14-8-5-10/h10,13-14H,2-9H2,1H3. The predicted octanol–water partition coefficient (Wildman–Crippen LogP) is 0.764. The Morgan fingerprint density at radius 2 is 2.24 bits per heavy atom. The van der Waals surface area contributed by atoms with Gasteiger partial charge in [-0.25, -0.2) is 0 Å². The summed E-state index contributed by atoms with van der Waals surface area (Å²) in [6, 6.07) is 0. The van der Waals surface area contributed by atoms with E-state index in [9.17, 15) is 0 Å². The van der Waals surface area contributed by atoms with Crippen molar-refractivity contribution in [3.63, 3.8) is 0 Å². The Morgan fingerprint density at radius 3 is 3.00 bits per heavy atom. The van der Waals surface area contributed by atoms with Gasteiger partial charge in [0.1, 0.15) is 0 Å². The van der Waals surface area contributed by atoms with E-state index in [1.54, 1.807) is 0 Å². The maximum absolute atomic E-state index is 5.30. The van der Waals surface area contributed by atoms with Gasteiger partial charge in [-0.3, -0.25) is 0 Å². The Kier molecular flexibility index (Phi) is 4.94. The molecule has 1 aromatic heterocycles. The lowest BCUT2D eigenvalue weighted by atomic mass is 9.95. The minimum atomic E-state index is 0.710. The number of rotatable bonds is 6. The summed E-state index contributed by atoms with van der Waals surface area (Å²) in [6.07, 6.45) is 5.34. The second-order valence-corrected chi connectivity index (χ2v) is 4.71. The zero-order valence-electron chi connectivity index (χ0n) is 10.5. The molecule has 2 rings (SSSR count). The molecule has 2 N–H and O–H groups in total. The van der Waals surface area contributed by atoms with Crippen LogP contribution in [0, 0.1) is 5.92 Å². The molecule has 0 aromatic carbocycles. The molecule has 0 atom stereocenters. The molecule has 96 valence electrons. The summed E-state index contributed by atoms with van der Waals surface area (Å²) in [5, 5.41) is 10.5. The summed E-state index contributed by atoms with van der Waals surface area (Å²) in [4.78, 5) is 4.45. The van der Waals surface area contributed by atoms with Gasteiger partial charge >= 0.3 is 0 Å². The number of aryl methyl sites for hydroxylation is 1. The molecular weight excluding hydrogens is 216 g/mol. The normalized spacial score (nSPS) is 17.5. The van der Waals surface area contributed by atoms with E-state index in [0.717, 1.165) is 50.6 Å². The summed E-state index contributed by atoms with van der Waals surface area (Å²) < 4.78 is 5.30. The SMILES string of the molecule is CNCCCc1noc(CC2CCNCC2)n1. The maximum atomic E-state index is 5.30. The van der Waals surface area contributed by atoms with E-state index in [0.29, 0.717) is 5.92 Å². The van der Waals surface area contributed by atoms with Crippen molar-refractivity contribution in [2.24, 2.45) is 5.92 Å². The lowest BCUT2D eigenvalue weighted by Gasteiger charge is -2.20. The molecule has 1 saturated heterocycles. The highest BCUT2D eigenvalue weighted by molar-refractivity contribution is 4.89. The van der Waals surface area contributed by atoms with E-state index in [1.165, 1.54) is 12.8 Å². The lowest BCUT2D eigenvalue weighted by molar-refractivity contribution is 0.312. The van der Waals surface area contributed by atoms with Crippen LogP contribution in [0.25, 0.3) is 0 Å². The van der Waals surface area contributed by atoms with Gasteiger partial charge < -0.3 is 15.2 Å². The van der Waals surface area contributed by atoms with Crippen molar-refractivity contribution in [1.82, 2.24) is 20.8 Å². The van der Waals surface area contributed by atoms with Gasteiger partial charge in [-0.1, -0.05) is 5.16 Å². The quantitative estimate of drug-likeness (QED) is 0.717. The highest BCUT2D eigenvalue weighted by Gasteiger charge is 2.17. The average Bonchev–Trinajstić information content (AvgIpc) is 2.79. The summed E-state index contributed by atoms with van der Waals surface area (Å²) in [7, 11) is 1.96. The van der Waals surface area contributed by atoms with Crippen LogP contribution >= 0.6 is 0 Å². The monoisotopic (exact) mass is 238 g/mol. The van der Waals surface area contributed by atoms with E-state index in [-0.39, 0.29) is 0 Å². The third kappa shape index (κ3) is 4.09. The molecule has 0 radical (unpaired) electrons. The zero-order chi connectivity index (χ0) is 11.9. The minimum Gasteiger partial charge on any atom is -0.339 e. The summed E-state index contributed by atoms with van der Waals surface area (Å²) in [5.74, 6) is 2.38. The molecule has 5 heteroatoms. The van der Waals surface area contributed by atoms with Crippen LogP contribution in [0.3, 0.4) is 0 Å². The molecule has 1 fully saturated rings. The van der Waals surface area contributed by atoms with Crippen molar-refractivity contribution in [3.8, 4) is 0 Å². The number of aromatic nitrogens is 2. The molecule has 0 saturated carbocycles. The second-order valence-electron chi connectivity index (χ2n) is 4.71. The fourth-order valence-electron chi connectivity index (χ4n) is 2.23. The molecule has 0 amide bonds. The van der Waals surface area contributed by atoms with E-state index in [1.807, 2.05) is 7.05 Å². The van der Waals surface area contributed by atoms with Crippen molar-refractivity contribution in [2.75, 3.05) is 26.7 Å². The summed E-state index contributed by atoms with van der Waals surface area (Å²) in [5.41, 5.74) is 0. The first kappa shape index (κ1) is 12.5. The zero-order valence-corrected chi connectivity index (χ0v) is 10.5. The van der Waals surface area contributed by atoms with Crippen LogP contribution in [0.15, 0.2) is 4.52 Å². The van der Waals surface area contributed by atoms with Gasteiger partial charge in [0, 0.05) is 12.8 Å². The van der Waals surface area contributed by atoms with Gasteiger partial charge in [0.25, 0.3) is 0 Å². The van der Waals surface area contributed by atoms with Gasteiger partial charge in [0.15, 0.2) is 5.82 Å². The third-order valence-corrected chi connectivity index (χ3v) is 3.26. The number of hydrogen-bond donors (Lipinski definition) is 2. The van der Waals surface area contributed by atoms with Crippen LogP contribution in [0.5, 0.6) is 0 Å². The van der Waals surface area contributed by atoms with Crippen LogP contribution in [0.4, 0.5) is 0 Å². The van der Waals surface area contributed by atoms with E-state index < -0.39 is 0 Å². The van der Waals surface area contributed by atoms with E-state index in [2.05, 4.69) is 20.8 Å². The van der Waals surface area contributed by atoms with Gasteiger partial charge in [0.05, 0.1) is 0 Å². The largest absolute Gasteiger partial charge is 0.339 e.